The van der Waals surface area contributed by atoms with E-state index < -0.39 is 5.41 Å². The summed E-state index contributed by atoms with van der Waals surface area (Å²) in [5.74, 6) is 0.170. The van der Waals surface area contributed by atoms with Crippen molar-refractivity contribution in [2.75, 3.05) is 40.4 Å². The molecule has 0 atom stereocenters. The first-order valence-electron chi connectivity index (χ1n) is 7.34. The number of carbonyl (C=O) groups is 1. The van der Waals surface area contributed by atoms with Gasteiger partial charge in [-0.05, 0) is 37.6 Å². The highest BCUT2D eigenvalue weighted by molar-refractivity contribution is 6.30. The van der Waals surface area contributed by atoms with E-state index in [0.717, 1.165) is 24.9 Å². The molecule has 124 valence electrons. The number of ether oxygens (including phenoxy) is 1. The van der Waals surface area contributed by atoms with Crippen molar-refractivity contribution in [2.24, 2.45) is 0 Å². The predicted molar refractivity (Wildman–Crippen MR) is 92.0 cm³/mol. The highest BCUT2D eigenvalue weighted by Crippen LogP contribution is 2.37. The third-order valence-electron chi connectivity index (χ3n) is 4.20. The van der Waals surface area contributed by atoms with Gasteiger partial charge in [0.25, 0.3) is 0 Å². The molecule has 0 aromatic heterocycles. The first-order chi connectivity index (χ1) is 10.1. The van der Waals surface area contributed by atoms with Crippen LogP contribution in [0.1, 0.15) is 18.4 Å². The molecule has 2 rings (SSSR count). The minimum atomic E-state index is -0.481. The number of nitrogens with one attached hydrogen (secondary N) is 1. The third-order valence-corrected chi connectivity index (χ3v) is 4.45. The SMILES string of the molecule is CNCCN(C)C(=O)C1(c2ccc(Cl)cc2)CCOCC1.Cl. The van der Waals surface area contributed by atoms with Crippen molar-refractivity contribution < 1.29 is 9.53 Å². The second kappa shape index (κ2) is 8.73. The maximum atomic E-state index is 13.0. The minimum Gasteiger partial charge on any atom is -0.381 e. The van der Waals surface area contributed by atoms with E-state index in [9.17, 15) is 4.79 Å². The Hall–Kier alpha value is -0.810. The number of amides is 1. The smallest absolute Gasteiger partial charge is 0.233 e. The molecule has 1 aromatic rings. The Kier molecular flexibility index (Phi) is 7.63. The lowest BCUT2D eigenvalue weighted by Gasteiger charge is -2.39. The van der Waals surface area contributed by atoms with E-state index in [1.54, 1.807) is 0 Å². The van der Waals surface area contributed by atoms with Gasteiger partial charge in [-0.3, -0.25) is 4.79 Å². The fourth-order valence-corrected chi connectivity index (χ4v) is 2.99. The summed E-state index contributed by atoms with van der Waals surface area (Å²) in [5.41, 5.74) is 0.558. The Morgan fingerprint density at radius 2 is 1.91 bits per heavy atom. The number of hydrogen-bond donors (Lipinski definition) is 1. The van der Waals surface area contributed by atoms with Gasteiger partial charge in [0.2, 0.25) is 5.91 Å². The molecular formula is C16H24Cl2N2O2. The summed E-state index contributed by atoms with van der Waals surface area (Å²) in [4.78, 5) is 14.8. The minimum absolute atomic E-state index is 0. The second-order valence-electron chi connectivity index (χ2n) is 5.53. The van der Waals surface area contributed by atoms with Crippen molar-refractivity contribution in [3.63, 3.8) is 0 Å². The van der Waals surface area contributed by atoms with E-state index >= 15 is 0 Å². The van der Waals surface area contributed by atoms with Gasteiger partial charge in [0.1, 0.15) is 0 Å². The van der Waals surface area contributed by atoms with Crippen molar-refractivity contribution in [3.8, 4) is 0 Å². The average Bonchev–Trinajstić information content (AvgIpc) is 2.53. The number of benzene rings is 1. The normalized spacial score (nSPS) is 16.7. The van der Waals surface area contributed by atoms with Crippen LogP contribution in [0.2, 0.25) is 5.02 Å². The number of carbonyl (C=O) groups excluding carboxylic acids is 1. The van der Waals surface area contributed by atoms with Crippen molar-refractivity contribution in [1.29, 1.82) is 0 Å². The number of halogens is 2. The van der Waals surface area contributed by atoms with Gasteiger partial charge in [0.15, 0.2) is 0 Å². The predicted octanol–water partition coefficient (Wildman–Crippen LogP) is 2.49. The van der Waals surface area contributed by atoms with Crippen LogP contribution in [0.3, 0.4) is 0 Å². The van der Waals surface area contributed by atoms with Crippen LogP contribution in [0.4, 0.5) is 0 Å². The molecule has 1 aliphatic heterocycles. The lowest BCUT2D eigenvalue weighted by Crippen LogP contribution is -2.49. The van der Waals surface area contributed by atoms with Crippen LogP contribution in [0.25, 0.3) is 0 Å². The van der Waals surface area contributed by atoms with Crippen LogP contribution in [0, 0.1) is 0 Å². The van der Waals surface area contributed by atoms with Gasteiger partial charge in [0.05, 0.1) is 5.41 Å². The molecule has 1 aliphatic rings. The van der Waals surface area contributed by atoms with Gasteiger partial charge in [0, 0.05) is 38.4 Å². The Morgan fingerprint density at radius 1 is 1.32 bits per heavy atom. The second-order valence-corrected chi connectivity index (χ2v) is 5.97. The Labute approximate surface area is 143 Å². The molecule has 0 unspecified atom stereocenters. The molecule has 0 saturated carbocycles. The summed E-state index contributed by atoms with van der Waals surface area (Å²) in [6.07, 6.45) is 1.44. The molecule has 0 spiro atoms. The maximum absolute atomic E-state index is 13.0. The Morgan fingerprint density at radius 3 is 2.45 bits per heavy atom. The fourth-order valence-electron chi connectivity index (χ4n) is 2.86. The fraction of sp³-hybridized carbons (Fsp3) is 0.562. The molecule has 1 saturated heterocycles. The number of nitrogens with zero attached hydrogens (tertiary/aromatic N) is 1. The molecule has 1 amide bonds. The standard InChI is InChI=1S/C16H23ClN2O2.ClH/c1-18-9-10-19(2)15(20)16(7-11-21-12-8-16)13-3-5-14(17)6-4-13;/h3-6,18H,7-12H2,1-2H3;1H. The van der Waals surface area contributed by atoms with Crippen molar-refractivity contribution >= 4 is 29.9 Å². The topological polar surface area (TPSA) is 41.6 Å². The Bertz CT molecular complexity index is 474. The van der Waals surface area contributed by atoms with Crippen LogP contribution in [0.5, 0.6) is 0 Å². The summed E-state index contributed by atoms with van der Waals surface area (Å²) in [7, 11) is 3.76. The molecule has 6 heteroatoms. The molecule has 4 nitrogen and oxygen atoms in total. The molecule has 0 bridgehead atoms. The zero-order valence-electron chi connectivity index (χ0n) is 13.1. The summed E-state index contributed by atoms with van der Waals surface area (Å²) in [6.45, 7) is 2.73. The summed E-state index contributed by atoms with van der Waals surface area (Å²) in [6, 6.07) is 7.65. The van der Waals surface area contributed by atoms with Gasteiger partial charge < -0.3 is 15.0 Å². The first-order valence-corrected chi connectivity index (χ1v) is 7.72. The van der Waals surface area contributed by atoms with Crippen LogP contribution in [-0.2, 0) is 14.9 Å². The molecule has 22 heavy (non-hydrogen) atoms. The number of rotatable bonds is 5. The Balaban J connectivity index is 0.00000242. The van der Waals surface area contributed by atoms with Crippen LogP contribution >= 0.6 is 24.0 Å². The van der Waals surface area contributed by atoms with Gasteiger partial charge in [-0.2, -0.15) is 0 Å². The quantitative estimate of drug-likeness (QED) is 0.890. The molecule has 1 aromatic carbocycles. The monoisotopic (exact) mass is 346 g/mol. The first kappa shape index (κ1) is 19.2. The third kappa shape index (κ3) is 4.13. The molecule has 1 N–H and O–H groups in total. The van der Waals surface area contributed by atoms with E-state index in [4.69, 9.17) is 16.3 Å². The van der Waals surface area contributed by atoms with E-state index in [1.165, 1.54) is 0 Å². The molecule has 0 radical (unpaired) electrons. The van der Waals surface area contributed by atoms with Gasteiger partial charge in [-0.1, -0.05) is 23.7 Å². The van der Waals surface area contributed by atoms with Crippen LogP contribution in [0.15, 0.2) is 24.3 Å². The van der Waals surface area contributed by atoms with E-state index in [1.807, 2.05) is 43.3 Å². The van der Waals surface area contributed by atoms with E-state index in [-0.39, 0.29) is 18.3 Å². The molecule has 1 fully saturated rings. The van der Waals surface area contributed by atoms with Gasteiger partial charge in [-0.15, -0.1) is 12.4 Å². The van der Waals surface area contributed by atoms with Crippen LogP contribution in [-0.4, -0.2) is 51.2 Å². The summed E-state index contributed by atoms with van der Waals surface area (Å²) < 4.78 is 5.47. The van der Waals surface area contributed by atoms with E-state index in [0.29, 0.717) is 24.8 Å². The lowest BCUT2D eigenvalue weighted by atomic mass is 9.73. The number of likely N-dealkylation sites (N-methyl/N-ethyl adjacent to an activating group) is 2. The van der Waals surface area contributed by atoms with Crippen molar-refractivity contribution in [1.82, 2.24) is 10.2 Å². The zero-order chi connectivity index (χ0) is 15.3. The molecule has 0 aliphatic carbocycles. The molecule has 1 heterocycles. The lowest BCUT2D eigenvalue weighted by molar-refractivity contribution is -0.140. The highest BCUT2D eigenvalue weighted by atomic mass is 35.5. The van der Waals surface area contributed by atoms with Gasteiger partial charge >= 0.3 is 0 Å². The van der Waals surface area contributed by atoms with E-state index in [2.05, 4.69) is 5.32 Å². The maximum Gasteiger partial charge on any atom is 0.233 e. The number of hydrogen-bond acceptors (Lipinski definition) is 3. The van der Waals surface area contributed by atoms with Crippen molar-refractivity contribution in [3.05, 3.63) is 34.9 Å². The largest absolute Gasteiger partial charge is 0.381 e. The van der Waals surface area contributed by atoms with Gasteiger partial charge in [-0.25, -0.2) is 0 Å². The van der Waals surface area contributed by atoms with Crippen molar-refractivity contribution in [2.45, 2.75) is 18.3 Å². The molecular weight excluding hydrogens is 323 g/mol. The zero-order valence-corrected chi connectivity index (χ0v) is 14.7. The summed E-state index contributed by atoms with van der Waals surface area (Å²) >= 11 is 5.98. The average molecular weight is 347 g/mol. The van der Waals surface area contributed by atoms with Crippen LogP contribution < -0.4 is 5.32 Å². The highest BCUT2D eigenvalue weighted by Gasteiger charge is 2.43. The summed E-state index contributed by atoms with van der Waals surface area (Å²) in [5, 5.41) is 3.77.